The molecule has 0 unspecified atom stereocenters. The Labute approximate surface area is 183 Å². The van der Waals surface area contributed by atoms with Crippen molar-refractivity contribution in [2.75, 3.05) is 31.5 Å². The predicted molar refractivity (Wildman–Crippen MR) is 110 cm³/mol. The number of likely N-dealkylation sites (tertiary alicyclic amines) is 1. The molecule has 6 nitrogen and oxygen atoms in total. The number of nitrogens with zero attached hydrogens (tertiary/aromatic N) is 2. The summed E-state index contributed by atoms with van der Waals surface area (Å²) in [5.74, 6) is -0.500. The van der Waals surface area contributed by atoms with E-state index >= 15 is 0 Å². The van der Waals surface area contributed by atoms with E-state index in [9.17, 15) is 27.2 Å². The van der Waals surface area contributed by atoms with E-state index < -0.39 is 17.6 Å². The van der Waals surface area contributed by atoms with Crippen LogP contribution in [0.25, 0.3) is 0 Å². The third kappa shape index (κ3) is 6.41. The number of benzene rings is 1. The highest BCUT2D eigenvalue weighted by Crippen LogP contribution is 2.28. The summed E-state index contributed by atoms with van der Waals surface area (Å²) in [6.45, 7) is 1.77. The Hall–Kier alpha value is -3.17. The summed E-state index contributed by atoms with van der Waals surface area (Å²) in [5.41, 5.74) is -0.384. The zero-order chi connectivity index (χ0) is 23.1. The number of rotatable bonds is 7. The van der Waals surface area contributed by atoms with E-state index in [1.807, 2.05) is 0 Å². The second-order valence-corrected chi connectivity index (χ2v) is 7.57. The molecule has 0 aliphatic carbocycles. The van der Waals surface area contributed by atoms with Crippen LogP contribution in [0.3, 0.4) is 0 Å². The third-order valence-corrected chi connectivity index (χ3v) is 5.29. The molecular weight excluding hydrogens is 428 g/mol. The van der Waals surface area contributed by atoms with Crippen molar-refractivity contribution in [3.05, 3.63) is 59.5 Å². The normalized spacial score (nSPS) is 14.8. The van der Waals surface area contributed by atoms with Crippen molar-refractivity contribution in [2.45, 2.75) is 25.4 Å². The molecule has 1 aromatic carbocycles. The number of anilines is 1. The lowest BCUT2D eigenvalue weighted by atomic mass is 9.95. The van der Waals surface area contributed by atoms with Crippen molar-refractivity contribution in [3.8, 4) is 0 Å². The second kappa shape index (κ2) is 10.4. The molecule has 0 saturated carbocycles. The molecule has 1 aliphatic rings. The van der Waals surface area contributed by atoms with Gasteiger partial charge in [0.05, 0.1) is 5.56 Å². The molecule has 3 rings (SSSR count). The van der Waals surface area contributed by atoms with Crippen LogP contribution in [0.5, 0.6) is 0 Å². The van der Waals surface area contributed by atoms with Crippen molar-refractivity contribution in [1.82, 2.24) is 15.2 Å². The highest BCUT2D eigenvalue weighted by molar-refractivity contribution is 5.94. The molecule has 32 heavy (non-hydrogen) atoms. The number of piperidine rings is 1. The van der Waals surface area contributed by atoms with Crippen LogP contribution in [0.4, 0.5) is 23.4 Å². The zero-order valence-corrected chi connectivity index (χ0v) is 17.3. The molecule has 2 aromatic rings. The van der Waals surface area contributed by atoms with Crippen molar-refractivity contribution >= 4 is 17.6 Å². The molecule has 1 fully saturated rings. The number of hydrogen-bond donors (Lipinski definition) is 2. The lowest BCUT2D eigenvalue weighted by Gasteiger charge is -2.31. The second-order valence-electron chi connectivity index (χ2n) is 7.57. The third-order valence-electron chi connectivity index (χ3n) is 5.29. The summed E-state index contributed by atoms with van der Waals surface area (Å²) >= 11 is 0. The van der Waals surface area contributed by atoms with Gasteiger partial charge in [0.25, 0.3) is 5.91 Å². The number of aromatic nitrogens is 1. The Morgan fingerprint density at radius 2 is 1.72 bits per heavy atom. The molecule has 0 bridgehead atoms. The van der Waals surface area contributed by atoms with Gasteiger partial charge < -0.3 is 15.5 Å². The van der Waals surface area contributed by atoms with Gasteiger partial charge in [-0.25, -0.2) is 9.37 Å². The summed E-state index contributed by atoms with van der Waals surface area (Å²) in [6.07, 6.45) is -1.97. The van der Waals surface area contributed by atoms with Crippen LogP contribution in [0, 0.1) is 11.7 Å². The molecule has 2 heterocycles. The van der Waals surface area contributed by atoms with E-state index in [-0.39, 0.29) is 17.7 Å². The molecule has 0 radical (unpaired) electrons. The van der Waals surface area contributed by atoms with Crippen molar-refractivity contribution in [1.29, 1.82) is 0 Å². The number of carbonyl (C=O) groups is 2. The van der Waals surface area contributed by atoms with Crippen LogP contribution >= 0.6 is 0 Å². The van der Waals surface area contributed by atoms with E-state index in [0.29, 0.717) is 56.8 Å². The Balaban J connectivity index is 1.33. The summed E-state index contributed by atoms with van der Waals surface area (Å²) in [5, 5.41) is 5.77. The number of alkyl halides is 3. The molecule has 0 atom stereocenters. The van der Waals surface area contributed by atoms with Crippen molar-refractivity contribution in [2.24, 2.45) is 5.92 Å². The zero-order valence-electron chi connectivity index (χ0n) is 17.3. The summed E-state index contributed by atoms with van der Waals surface area (Å²) < 4.78 is 50.6. The fraction of sp³-hybridized carbons (Fsp3) is 0.409. The standard InChI is InChI=1S/C22H24F4N4O2/c23-18-5-2-16(3-6-18)21(32)30-12-8-15(9-13-30)20(31)28-11-1-10-27-19-7-4-17(14-29-19)22(24,25)26/h2-7,14-15H,1,8-13H2,(H,27,29)(H,28,31). The topological polar surface area (TPSA) is 74.3 Å². The average Bonchev–Trinajstić information content (AvgIpc) is 2.78. The molecule has 1 aromatic heterocycles. The first-order valence-electron chi connectivity index (χ1n) is 10.3. The van der Waals surface area contributed by atoms with Gasteiger partial charge in [0.15, 0.2) is 0 Å². The van der Waals surface area contributed by atoms with Crippen LogP contribution in [-0.4, -0.2) is 47.9 Å². The molecule has 1 aliphatic heterocycles. The van der Waals surface area contributed by atoms with Gasteiger partial charge in [-0.1, -0.05) is 0 Å². The maximum atomic E-state index is 13.0. The van der Waals surface area contributed by atoms with Gasteiger partial charge in [-0.2, -0.15) is 13.2 Å². The summed E-state index contributed by atoms with van der Waals surface area (Å²) in [6, 6.07) is 7.62. The van der Waals surface area contributed by atoms with E-state index in [0.717, 1.165) is 12.3 Å². The monoisotopic (exact) mass is 452 g/mol. The number of halogens is 4. The Morgan fingerprint density at radius 3 is 2.31 bits per heavy atom. The van der Waals surface area contributed by atoms with Gasteiger partial charge in [-0.05, 0) is 55.7 Å². The van der Waals surface area contributed by atoms with Gasteiger partial charge >= 0.3 is 6.18 Å². The van der Waals surface area contributed by atoms with Crippen LogP contribution in [-0.2, 0) is 11.0 Å². The van der Waals surface area contributed by atoms with Gasteiger partial charge in [-0.3, -0.25) is 9.59 Å². The van der Waals surface area contributed by atoms with Crippen molar-refractivity contribution in [3.63, 3.8) is 0 Å². The maximum absolute atomic E-state index is 13.0. The Bertz CT molecular complexity index is 909. The first-order chi connectivity index (χ1) is 15.2. The average molecular weight is 452 g/mol. The first kappa shape index (κ1) is 23.5. The summed E-state index contributed by atoms with van der Waals surface area (Å²) in [7, 11) is 0. The number of amides is 2. The van der Waals surface area contributed by atoms with Crippen LogP contribution < -0.4 is 10.6 Å². The number of nitrogens with one attached hydrogen (secondary N) is 2. The molecule has 0 spiro atoms. The highest BCUT2D eigenvalue weighted by Gasteiger charge is 2.30. The lowest BCUT2D eigenvalue weighted by molar-refractivity contribution is -0.137. The minimum absolute atomic E-state index is 0.0773. The minimum atomic E-state index is -4.42. The molecule has 10 heteroatoms. The molecule has 2 amide bonds. The Kier molecular flexibility index (Phi) is 7.66. The van der Waals surface area contributed by atoms with Gasteiger partial charge in [0, 0.05) is 43.9 Å². The van der Waals surface area contributed by atoms with E-state index in [1.54, 1.807) is 4.90 Å². The van der Waals surface area contributed by atoms with E-state index in [2.05, 4.69) is 15.6 Å². The van der Waals surface area contributed by atoms with Gasteiger partial charge in [-0.15, -0.1) is 0 Å². The minimum Gasteiger partial charge on any atom is -0.370 e. The van der Waals surface area contributed by atoms with Gasteiger partial charge in [0.1, 0.15) is 11.6 Å². The maximum Gasteiger partial charge on any atom is 0.417 e. The summed E-state index contributed by atoms with van der Waals surface area (Å²) in [4.78, 5) is 30.2. The van der Waals surface area contributed by atoms with Crippen LogP contribution in [0.2, 0.25) is 0 Å². The number of carbonyl (C=O) groups excluding carboxylic acids is 2. The largest absolute Gasteiger partial charge is 0.417 e. The van der Waals surface area contributed by atoms with Crippen LogP contribution in [0.15, 0.2) is 42.6 Å². The van der Waals surface area contributed by atoms with E-state index in [4.69, 9.17) is 0 Å². The highest BCUT2D eigenvalue weighted by atomic mass is 19.4. The lowest BCUT2D eigenvalue weighted by Crippen LogP contribution is -2.43. The molecular formula is C22H24F4N4O2. The smallest absolute Gasteiger partial charge is 0.370 e. The quantitative estimate of drug-likeness (QED) is 0.496. The SMILES string of the molecule is O=C(NCCCNc1ccc(C(F)(F)F)cn1)C1CCN(C(=O)c2ccc(F)cc2)CC1. The number of pyridine rings is 1. The molecule has 1 saturated heterocycles. The first-order valence-corrected chi connectivity index (χ1v) is 10.3. The Morgan fingerprint density at radius 1 is 1.03 bits per heavy atom. The molecule has 172 valence electrons. The van der Waals surface area contributed by atoms with Crippen molar-refractivity contribution < 1.29 is 27.2 Å². The number of hydrogen-bond acceptors (Lipinski definition) is 4. The predicted octanol–water partition coefficient (Wildman–Crippen LogP) is 3.71. The van der Waals surface area contributed by atoms with Crippen LogP contribution in [0.1, 0.15) is 35.2 Å². The molecule has 2 N–H and O–H groups in total. The van der Waals surface area contributed by atoms with Gasteiger partial charge in [0.2, 0.25) is 5.91 Å². The van der Waals surface area contributed by atoms with E-state index in [1.165, 1.54) is 30.3 Å². The fourth-order valence-electron chi connectivity index (χ4n) is 3.45. The fourth-order valence-corrected chi connectivity index (χ4v) is 3.45.